The third kappa shape index (κ3) is 5.05. The summed E-state index contributed by atoms with van der Waals surface area (Å²) in [4.78, 5) is 20.1. The first-order valence-electron chi connectivity index (χ1n) is 9.10. The van der Waals surface area contributed by atoms with Gasteiger partial charge in [-0.25, -0.2) is 28.0 Å². The molecular formula is C20H18F2N6O4S. The third-order valence-electron chi connectivity index (χ3n) is 4.34. The third-order valence-corrected chi connectivity index (χ3v) is 5.69. The van der Waals surface area contributed by atoms with Gasteiger partial charge in [-0.3, -0.25) is 14.5 Å². The van der Waals surface area contributed by atoms with Crippen LogP contribution in [0.1, 0.15) is 15.9 Å². The van der Waals surface area contributed by atoms with Crippen LogP contribution in [0.4, 0.5) is 26.0 Å². The van der Waals surface area contributed by atoms with Crippen molar-refractivity contribution in [1.29, 1.82) is 0 Å². The summed E-state index contributed by atoms with van der Waals surface area (Å²) in [5, 5.41) is 2.30. The Morgan fingerprint density at radius 3 is 2.61 bits per heavy atom. The van der Waals surface area contributed by atoms with E-state index in [0.717, 1.165) is 18.3 Å². The molecule has 0 aliphatic heterocycles. The number of pyridine rings is 2. The van der Waals surface area contributed by atoms with Gasteiger partial charge in [0.2, 0.25) is 0 Å². The summed E-state index contributed by atoms with van der Waals surface area (Å²) >= 11 is 0. The van der Waals surface area contributed by atoms with Crippen molar-refractivity contribution in [1.82, 2.24) is 9.97 Å². The fraction of sp³-hybridized carbons (Fsp3) is 0.0500. The maximum absolute atomic E-state index is 15.0. The van der Waals surface area contributed by atoms with Gasteiger partial charge < -0.3 is 15.5 Å². The minimum atomic E-state index is -4.23. The second kappa shape index (κ2) is 9.58. The Morgan fingerprint density at radius 2 is 1.97 bits per heavy atom. The summed E-state index contributed by atoms with van der Waals surface area (Å²) in [7, 11) is -2.88. The molecule has 0 spiro atoms. The Balaban J connectivity index is 1.93. The quantitative estimate of drug-likeness (QED) is 0.220. The lowest BCUT2D eigenvalue weighted by Gasteiger charge is -2.14. The number of carbonyl (C=O) groups excluding carboxylic acids is 1. The maximum atomic E-state index is 15.0. The normalized spacial score (nSPS) is 10.9. The van der Waals surface area contributed by atoms with Gasteiger partial charge in [0.25, 0.3) is 15.9 Å². The minimum absolute atomic E-state index is 0.0485. The molecule has 0 unspecified atom stereocenters. The Hall–Kier alpha value is -4.10. The number of aromatic nitrogens is 2. The van der Waals surface area contributed by atoms with Crippen molar-refractivity contribution in [2.45, 2.75) is 4.90 Å². The van der Waals surface area contributed by atoms with Crippen LogP contribution < -0.4 is 21.3 Å². The van der Waals surface area contributed by atoms with Crippen LogP contribution in [0.3, 0.4) is 0 Å². The Morgan fingerprint density at radius 1 is 1.21 bits per heavy atom. The van der Waals surface area contributed by atoms with Crippen molar-refractivity contribution < 1.29 is 26.7 Å². The average molecular weight is 476 g/mol. The summed E-state index contributed by atoms with van der Waals surface area (Å²) < 4.78 is 61.3. The molecule has 2 heterocycles. The first-order valence-corrected chi connectivity index (χ1v) is 10.6. The SMILES string of the molecule is C=C(OC)c1cc(NC(=O)c2c(F)ccc(NS(=O)(=O)c3cccnc3)c2F)cnc1NN. The summed E-state index contributed by atoms with van der Waals surface area (Å²) in [5.41, 5.74) is 1.04. The average Bonchev–Trinajstić information content (AvgIpc) is 2.81. The van der Waals surface area contributed by atoms with Gasteiger partial charge in [-0.1, -0.05) is 6.58 Å². The highest BCUT2D eigenvalue weighted by molar-refractivity contribution is 7.92. The van der Waals surface area contributed by atoms with E-state index in [-0.39, 0.29) is 27.7 Å². The number of sulfonamides is 1. The van der Waals surface area contributed by atoms with Crippen molar-refractivity contribution in [2.24, 2.45) is 5.84 Å². The maximum Gasteiger partial charge on any atom is 0.263 e. The summed E-state index contributed by atoms with van der Waals surface area (Å²) in [6.45, 7) is 3.67. The molecule has 0 atom stereocenters. The zero-order valence-electron chi connectivity index (χ0n) is 17.1. The molecule has 0 radical (unpaired) electrons. The minimum Gasteiger partial charge on any atom is -0.497 e. The highest BCUT2D eigenvalue weighted by atomic mass is 32.2. The number of halogens is 2. The standard InChI is InChI=1S/C20H18F2N6O4S/c1-11(32-2)14-8-12(9-25-19(14)27-23)26-20(29)17-15(21)5-6-16(18(17)22)28-33(30,31)13-4-3-7-24-10-13/h3-10,28H,1,23H2,2H3,(H,25,27)(H,26,29). The number of nitrogens with two attached hydrogens (primary N) is 1. The van der Waals surface area contributed by atoms with Crippen molar-refractivity contribution in [3.8, 4) is 0 Å². The number of rotatable bonds is 8. The van der Waals surface area contributed by atoms with Gasteiger partial charge in [-0.05, 0) is 30.3 Å². The molecule has 5 N–H and O–H groups in total. The molecule has 2 aromatic heterocycles. The van der Waals surface area contributed by atoms with E-state index in [0.29, 0.717) is 0 Å². The molecule has 0 aliphatic carbocycles. The number of nitrogens with one attached hydrogen (secondary N) is 3. The topological polar surface area (TPSA) is 148 Å². The van der Waals surface area contributed by atoms with Crippen LogP contribution in [0.25, 0.3) is 5.76 Å². The monoisotopic (exact) mass is 476 g/mol. The van der Waals surface area contributed by atoms with Gasteiger partial charge in [0.15, 0.2) is 11.6 Å². The lowest BCUT2D eigenvalue weighted by atomic mass is 10.1. The first-order chi connectivity index (χ1) is 15.7. The molecule has 0 aliphatic rings. The van der Waals surface area contributed by atoms with E-state index in [1.54, 1.807) is 0 Å². The summed E-state index contributed by atoms with van der Waals surface area (Å²) in [5.74, 6) is 1.93. The molecular weight excluding hydrogens is 458 g/mol. The number of nitrogens with zero attached hydrogens (tertiary/aromatic N) is 2. The Bertz CT molecular complexity index is 1320. The number of hydrogen-bond acceptors (Lipinski definition) is 8. The van der Waals surface area contributed by atoms with Crippen molar-refractivity contribution in [3.63, 3.8) is 0 Å². The van der Waals surface area contributed by atoms with E-state index in [4.69, 9.17) is 10.6 Å². The van der Waals surface area contributed by atoms with E-state index in [1.165, 1.54) is 37.7 Å². The molecule has 10 nitrogen and oxygen atoms in total. The Labute approximate surface area is 187 Å². The molecule has 172 valence electrons. The van der Waals surface area contributed by atoms with Gasteiger partial charge in [0.05, 0.1) is 30.2 Å². The summed E-state index contributed by atoms with van der Waals surface area (Å²) in [6.07, 6.45) is 3.60. The van der Waals surface area contributed by atoms with Crippen LogP contribution in [0.15, 0.2) is 60.4 Å². The predicted molar refractivity (Wildman–Crippen MR) is 117 cm³/mol. The predicted octanol–water partition coefficient (Wildman–Crippen LogP) is 2.71. The van der Waals surface area contributed by atoms with Crippen molar-refractivity contribution >= 4 is 38.9 Å². The number of hydrazine groups is 1. The number of methoxy groups -OCH3 is 1. The van der Waals surface area contributed by atoms with E-state index in [9.17, 15) is 22.0 Å². The smallest absolute Gasteiger partial charge is 0.263 e. The zero-order chi connectivity index (χ0) is 24.2. The van der Waals surface area contributed by atoms with E-state index < -0.39 is 38.8 Å². The fourth-order valence-corrected chi connectivity index (χ4v) is 3.74. The molecule has 0 saturated heterocycles. The number of amides is 1. The van der Waals surface area contributed by atoms with Gasteiger partial charge in [0.1, 0.15) is 22.0 Å². The molecule has 3 rings (SSSR count). The first kappa shape index (κ1) is 23.6. The number of hydrogen-bond donors (Lipinski definition) is 4. The Kier molecular flexibility index (Phi) is 6.84. The molecule has 3 aromatic rings. The number of benzene rings is 1. The fourth-order valence-electron chi connectivity index (χ4n) is 2.71. The second-order valence-electron chi connectivity index (χ2n) is 6.42. The van der Waals surface area contributed by atoms with Crippen LogP contribution in [-0.2, 0) is 14.8 Å². The zero-order valence-corrected chi connectivity index (χ0v) is 17.9. The molecule has 0 saturated carbocycles. The highest BCUT2D eigenvalue weighted by Gasteiger charge is 2.24. The van der Waals surface area contributed by atoms with Gasteiger partial charge in [-0.2, -0.15) is 0 Å². The van der Waals surface area contributed by atoms with Gasteiger partial charge in [-0.15, -0.1) is 0 Å². The number of ether oxygens (including phenoxy) is 1. The van der Waals surface area contributed by atoms with Crippen molar-refractivity contribution in [2.75, 3.05) is 22.6 Å². The lowest BCUT2D eigenvalue weighted by molar-refractivity contribution is 0.101. The highest BCUT2D eigenvalue weighted by Crippen LogP contribution is 2.27. The molecule has 1 amide bonds. The molecule has 0 fully saturated rings. The number of anilines is 3. The molecule has 0 bridgehead atoms. The molecule has 13 heteroatoms. The van der Waals surface area contributed by atoms with E-state index >= 15 is 0 Å². The summed E-state index contributed by atoms with van der Waals surface area (Å²) in [6, 6.07) is 5.61. The van der Waals surface area contributed by atoms with Crippen LogP contribution in [0.5, 0.6) is 0 Å². The lowest BCUT2D eigenvalue weighted by Crippen LogP contribution is -2.20. The largest absolute Gasteiger partial charge is 0.497 e. The van der Waals surface area contributed by atoms with Gasteiger partial charge in [0, 0.05) is 12.4 Å². The number of carbonyl (C=O) groups is 1. The van der Waals surface area contributed by atoms with Crippen LogP contribution in [0, 0.1) is 11.6 Å². The van der Waals surface area contributed by atoms with Crippen LogP contribution in [0.2, 0.25) is 0 Å². The molecule has 1 aromatic carbocycles. The van der Waals surface area contributed by atoms with Crippen LogP contribution >= 0.6 is 0 Å². The number of nitrogen functional groups attached to an aromatic ring is 1. The van der Waals surface area contributed by atoms with Crippen LogP contribution in [-0.4, -0.2) is 31.4 Å². The van der Waals surface area contributed by atoms with E-state index in [1.807, 2.05) is 4.72 Å². The van der Waals surface area contributed by atoms with Gasteiger partial charge >= 0.3 is 0 Å². The second-order valence-corrected chi connectivity index (χ2v) is 8.11. The van der Waals surface area contributed by atoms with E-state index in [2.05, 4.69) is 27.3 Å². The van der Waals surface area contributed by atoms with Crippen molar-refractivity contribution in [3.05, 3.63) is 78.3 Å². The molecule has 33 heavy (non-hydrogen) atoms.